The first-order valence-corrected chi connectivity index (χ1v) is 7.99. The van der Waals surface area contributed by atoms with Crippen molar-refractivity contribution in [3.63, 3.8) is 0 Å². The Balaban J connectivity index is 1.81. The molecule has 2 fully saturated rings. The third-order valence-corrected chi connectivity index (χ3v) is 5.42. The maximum atomic E-state index is 9.75. The van der Waals surface area contributed by atoms with Gasteiger partial charge in [-0.05, 0) is 47.6 Å². The molecule has 112 valence electrons. The van der Waals surface area contributed by atoms with Crippen LogP contribution in [0.4, 0.5) is 0 Å². The molecule has 1 aromatic rings. The fraction of sp³-hybridized carbons (Fsp3) is 0.632. The maximum absolute atomic E-state index is 9.75. The Morgan fingerprint density at radius 1 is 1.05 bits per heavy atom. The van der Waals surface area contributed by atoms with E-state index >= 15 is 0 Å². The van der Waals surface area contributed by atoms with Gasteiger partial charge in [-0.15, -0.1) is 0 Å². The SMILES string of the molecule is CC(C)(C)c1ccc(C2(C#N)CC3(CCOCC3)C2)cc1. The molecule has 21 heavy (non-hydrogen) atoms. The van der Waals surface area contributed by atoms with Crippen molar-refractivity contribution in [2.45, 2.75) is 57.3 Å². The van der Waals surface area contributed by atoms with Crippen molar-refractivity contribution in [2.75, 3.05) is 13.2 Å². The number of hydrogen-bond donors (Lipinski definition) is 0. The second-order valence-corrected chi connectivity index (χ2v) is 7.99. The van der Waals surface area contributed by atoms with E-state index < -0.39 is 0 Å². The summed E-state index contributed by atoms with van der Waals surface area (Å²) in [5.74, 6) is 0. The van der Waals surface area contributed by atoms with Gasteiger partial charge in [-0.25, -0.2) is 0 Å². The van der Waals surface area contributed by atoms with Gasteiger partial charge in [0, 0.05) is 13.2 Å². The largest absolute Gasteiger partial charge is 0.381 e. The van der Waals surface area contributed by atoms with Gasteiger partial charge >= 0.3 is 0 Å². The Morgan fingerprint density at radius 3 is 2.10 bits per heavy atom. The first-order valence-electron chi connectivity index (χ1n) is 7.99. The summed E-state index contributed by atoms with van der Waals surface area (Å²) < 4.78 is 5.48. The predicted octanol–water partition coefficient (Wildman–Crippen LogP) is 4.34. The van der Waals surface area contributed by atoms with Crippen LogP contribution >= 0.6 is 0 Å². The molecule has 1 aliphatic carbocycles. The van der Waals surface area contributed by atoms with Crippen LogP contribution in [-0.4, -0.2) is 13.2 Å². The van der Waals surface area contributed by atoms with Crippen LogP contribution in [0.1, 0.15) is 57.6 Å². The molecular weight excluding hydrogens is 258 g/mol. The van der Waals surface area contributed by atoms with Crippen molar-refractivity contribution in [1.29, 1.82) is 5.26 Å². The number of nitrogens with zero attached hydrogens (tertiary/aromatic N) is 1. The van der Waals surface area contributed by atoms with Crippen LogP contribution in [-0.2, 0) is 15.6 Å². The van der Waals surface area contributed by atoms with E-state index in [4.69, 9.17) is 4.74 Å². The summed E-state index contributed by atoms with van der Waals surface area (Å²) in [5.41, 5.74) is 2.82. The van der Waals surface area contributed by atoms with Gasteiger partial charge in [0.05, 0.1) is 11.5 Å². The van der Waals surface area contributed by atoms with Gasteiger partial charge in [-0.2, -0.15) is 5.26 Å². The summed E-state index contributed by atoms with van der Waals surface area (Å²) in [6, 6.07) is 11.4. The molecule has 1 aromatic carbocycles. The molecule has 0 radical (unpaired) electrons. The van der Waals surface area contributed by atoms with Crippen LogP contribution in [0.2, 0.25) is 0 Å². The molecule has 0 amide bonds. The smallest absolute Gasteiger partial charge is 0.0833 e. The van der Waals surface area contributed by atoms with Crippen molar-refractivity contribution in [3.8, 4) is 6.07 Å². The highest BCUT2D eigenvalue weighted by molar-refractivity contribution is 5.40. The van der Waals surface area contributed by atoms with E-state index in [0.717, 1.165) is 38.9 Å². The molecule has 1 heterocycles. The predicted molar refractivity (Wildman–Crippen MR) is 84.2 cm³/mol. The van der Waals surface area contributed by atoms with E-state index in [0.29, 0.717) is 5.41 Å². The summed E-state index contributed by atoms with van der Waals surface area (Å²) in [6.07, 6.45) is 4.26. The molecule has 2 nitrogen and oxygen atoms in total. The molecule has 2 aliphatic rings. The fourth-order valence-corrected chi connectivity index (χ4v) is 4.02. The van der Waals surface area contributed by atoms with E-state index in [-0.39, 0.29) is 10.8 Å². The van der Waals surface area contributed by atoms with E-state index in [2.05, 4.69) is 51.1 Å². The lowest BCUT2D eigenvalue weighted by molar-refractivity contribution is -0.0578. The Labute approximate surface area is 128 Å². The van der Waals surface area contributed by atoms with Crippen LogP contribution in [0.5, 0.6) is 0 Å². The second-order valence-electron chi connectivity index (χ2n) is 7.99. The standard InChI is InChI=1S/C19H25NO/c1-17(2,3)15-4-6-16(7-5-15)19(14-20)12-18(13-19)8-10-21-11-9-18/h4-7H,8-13H2,1-3H3. The zero-order valence-electron chi connectivity index (χ0n) is 13.4. The van der Waals surface area contributed by atoms with Crippen molar-refractivity contribution < 1.29 is 4.74 Å². The van der Waals surface area contributed by atoms with Gasteiger partial charge in [0.25, 0.3) is 0 Å². The van der Waals surface area contributed by atoms with Gasteiger partial charge in [0.2, 0.25) is 0 Å². The van der Waals surface area contributed by atoms with Crippen LogP contribution in [0.3, 0.4) is 0 Å². The Morgan fingerprint density at radius 2 is 1.62 bits per heavy atom. The average molecular weight is 283 g/mol. The molecule has 1 saturated heterocycles. The van der Waals surface area contributed by atoms with E-state index in [1.54, 1.807) is 0 Å². The molecule has 2 heteroatoms. The number of ether oxygens (including phenoxy) is 1. The molecular formula is C19H25NO. The first-order chi connectivity index (χ1) is 9.89. The van der Waals surface area contributed by atoms with Crippen molar-refractivity contribution in [2.24, 2.45) is 5.41 Å². The molecule has 0 bridgehead atoms. The molecule has 1 aliphatic heterocycles. The number of rotatable bonds is 1. The quantitative estimate of drug-likeness (QED) is 0.768. The zero-order valence-corrected chi connectivity index (χ0v) is 13.4. The second kappa shape index (κ2) is 4.85. The van der Waals surface area contributed by atoms with Gasteiger partial charge in [0.15, 0.2) is 0 Å². The zero-order chi connectivity index (χ0) is 15.1. The van der Waals surface area contributed by atoms with Crippen molar-refractivity contribution in [3.05, 3.63) is 35.4 Å². The van der Waals surface area contributed by atoms with Gasteiger partial charge in [-0.3, -0.25) is 0 Å². The lowest BCUT2D eigenvalue weighted by atomic mass is 9.48. The molecule has 0 aromatic heterocycles. The highest BCUT2D eigenvalue weighted by Crippen LogP contribution is 2.60. The first kappa shape index (κ1) is 14.6. The average Bonchev–Trinajstić information content (AvgIpc) is 2.44. The van der Waals surface area contributed by atoms with Gasteiger partial charge < -0.3 is 4.74 Å². The van der Waals surface area contributed by atoms with Crippen LogP contribution < -0.4 is 0 Å². The van der Waals surface area contributed by atoms with E-state index in [1.165, 1.54) is 11.1 Å². The summed E-state index contributed by atoms with van der Waals surface area (Å²) in [6.45, 7) is 8.41. The summed E-state index contributed by atoms with van der Waals surface area (Å²) >= 11 is 0. The number of nitriles is 1. The van der Waals surface area contributed by atoms with Crippen molar-refractivity contribution in [1.82, 2.24) is 0 Å². The third kappa shape index (κ3) is 2.49. The third-order valence-electron chi connectivity index (χ3n) is 5.42. The highest BCUT2D eigenvalue weighted by atomic mass is 16.5. The normalized spacial score (nSPS) is 23.3. The van der Waals surface area contributed by atoms with E-state index in [1.807, 2.05) is 0 Å². The monoisotopic (exact) mass is 283 g/mol. The Kier molecular flexibility index (Phi) is 3.37. The molecule has 1 spiro atoms. The molecule has 0 atom stereocenters. The molecule has 0 unspecified atom stereocenters. The minimum Gasteiger partial charge on any atom is -0.381 e. The summed E-state index contributed by atoms with van der Waals surface area (Å²) in [4.78, 5) is 0. The lowest BCUT2D eigenvalue weighted by Gasteiger charge is -2.55. The minimum atomic E-state index is -0.256. The number of benzene rings is 1. The fourth-order valence-electron chi connectivity index (χ4n) is 4.02. The number of hydrogen-bond acceptors (Lipinski definition) is 2. The van der Waals surface area contributed by atoms with Crippen LogP contribution in [0, 0.1) is 16.7 Å². The minimum absolute atomic E-state index is 0.167. The van der Waals surface area contributed by atoms with Crippen LogP contribution in [0.15, 0.2) is 24.3 Å². The lowest BCUT2D eigenvalue weighted by Crippen LogP contribution is -2.51. The highest BCUT2D eigenvalue weighted by Gasteiger charge is 2.55. The molecule has 1 saturated carbocycles. The topological polar surface area (TPSA) is 33.0 Å². The Hall–Kier alpha value is -1.33. The Bertz CT molecular complexity index is 545. The summed E-state index contributed by atoms with van der Waals surface area (Å²) in [7, 11) is 0. The van der Waals surface area contributed by atoms with Crippen molar-refractivity contribution >= 4 is 0 Å². The van der Waals surface area contributed by atoms with Crippen LogP contribution in [0.25, 0.3) is 0 Å². The van der Waals surface area contributed by atoms with Gasteiger partial charge in [-0.1, -0.05) is 45.0 Å². The summed E-state index contributed by atoms with van der Waals surface area (Å²) in [5, 5.41) is 9.75. The van der Waals surface area contributed by atoms with Gasteiger partial charge in [0.1, 0.15) is 0 Å². The van der Waals surface area contributed by atoms with E-state index in [9.17, 15) is 5.26 Å². The molecule has 0 N–H and O–H groups in total. The maximum Gasteiger partial charge on any atom is 0.0833 e. The molecule has 3 rings (SSSR count).